The summed E-state index contributed by atoms with van der Waals surface area (Å²) in [6, 6.07) is 10.6. The van der Waals surface area contributed by atoms with Gasteiger partial charge in [-0.1, -0.05) is 36.4 Å². The highest BCUT2D eigenvalue weighted by atomic mass is 16.7. The highest BCUT2D eigenvalue weighted by molar-refractivity contribution is 5.20. The summed E-state index contributed by atoms with van der Waals surface area (Å²) in [4.78, 5) is 0. The van der Waals surface area contributed by atoms with Crippen LogP contribution in [-0.2, 0) is 9.47 Å². The van der Waals surface area contributed by atoms with Gasteiger partial charge in [0.15, 0.2) is 6.29 Å². The number of ether oxygens (including phenoxy) is 2. The Hall–Kier alpha value is -1.12. The first-order valence-electron chi connectivity index (χ1n) is 6.28. The van der Waals surface area contributed by atoms with Gasteiger partial charge in [0.05, 0.1) is 6.10 Å². The maximum atomic E-state index is 5.79. The topological polar surface area (TPSA) is 18.5 Å². The van der Waals surface area contributed by atoms with E-state index in [9.17, 15) is 0 Å². The molecule has 0 aromatic heterocycles. The van der Waals surface area contributed by atoms with Crippen LogP contribution in [0.3, 0.4) is 0 Å². The molecule has 1 aromatic rings. The predicted octanol–water partition coefficient (Wildman–Crippen LogP) is 3.50. The van der Waals surface area contributed by atoms with Gasteiger partial charge in [-0.25, -0.2) is 0 Å². The lowest BCUT2D eigenvalue weighted by Gasteiger charge is -2.34. The van der Waals surface area contributed by atoms with Crippen molar-refractivity contribution in [1.29, 1.82) is 0 Å². The highest BCUT2D eigenvalue weighted by Crippen LogP contribution is 2.33. The summed E-state index contributed by atoms with van der Waals surface area (Å²) >= 11 is 0. The summed E-state index contributed by atoms with van der Waals surface area (Å²) in [5, 5.41) is 0. The molecule has 17 heavy (non-hydrogen) atoms. The van der Waals surface area contributed by atoms with Crippen LogP contribution in [0.15, 0.2) is 43.0 Å². The molecule has 0 spiro atoms. The SMILES string of the molecule is C=CC1CC(c2ccccc2)CC(OCC)O1. The normalized spacial score (nSPS) is 28.9. The van der Waals surface area contributed by atoms with E-state index in [1.807, 2.05) is 19.1 Å². The molecule has 0 saturated carbocycles. The molecule has 1 aromatic carbocycles. The lowest BCUT2D eigenvalue weighted by Crippen LogP contribution is -2.32. The highest BCUT2D eigenvalue weighted by Gasteiger charge is 2.29. The largest absolute Gasteiger partial charge is 0.353 e. The van der Waals surface area contributed by atoms with Crippen LogP contribution < -0.4 is 0 Å². The predicted molar refractivity (Wildman–Crippen MR) is 68.9 cm³/mol. The van der Waals surface area contributed by atoms with Crippen LogP contribution >= 0.6 is 0 Å². The quantitative estimate of drug-likeness (QED) is 0.740. The number of rotatable bonds is 4. The van der Waals surface area contributed by atoms with Crippen molar-refractivity contribution in [1.82, 2.24) is 0 Å². The zero-order valence-corrected chi connectivity index (χ0v) is 10.3. The second-order valence-corrected chi connectivity index (χ2v) is 4.37. The number of hydrogen-bond acceptors (Lipinski definition) is 2. The Balaban J connectivity index is 2.09. The van der Waals surface area contributed by atoms with Crippen molar-refractivity contribution in [3.63, 3.8) is 0 Å². The van der Waals surface area contributed by atoms with E-state index in [0.29, 0.717) is 12.5 Å². The van der Waals surface area contributed by atoms with Crippen LogP contribution in [0.25, 0.3) is 0 Å². The van der Waals surface area contributed by atoms with Gasteiger partial charge in [-0.15, -0.1) is 6.58 Å². The van der Waals surface area contributed by atoms with E-state index in [4.69, 9.17) is 9.47 Å². The van der Waals surface area contributed by atoms with Crippen molar-refractivity contribution >= 4 is 0 Å². The maximum Gasteiger partial charge on any atom is 0.158 e. The Bertz CT molecular complexity index is 347. The Morgan fingerprint density at radius 3 is 2.76 bits per heavy atom. The van der Waals surface area contributed by atoms with Gasteiger partial charge in [-0.2, -0.15) is 0 Å². The van der Waals surface area contributed by atoms with Crippen LogP contribution in [0.1, 0.15) is 31.2 Å². The average molecular weight is 232 g/mol. The monoisotopic (exact) mass is 232 g/mol. The van der Waals surface area contributed by atoms with E-state index in [-0.39, 0.29) is 12.4 Å². The van der Waals surface area contributed by atoms with Gasteiger partial charge in [0, 0.05) is 13.0 Å². The fourth-order valence-electron chi connectivity index (χ4n) is 2.36. The van der Waals surface area contributed by atoms with Crippen molar-refractivity contribution in [3.05, 3.63) is 48.6 Å². The Kier molecular flexibility index (Phi) is 4.35. The Morgan fingerprint density at radius 2 is 2.12 bits per heavy atom. The van der Waals surface area contributed by atoms with Crippen LogP contribution in [0.5, 0.6) is 0 Å². The van der Waals surface area contributed by atoms with Gasteiger partial charge < -0.3 is 9.47 Å². The Labute approximate surface area is 103 Å². The minimum absolute atomic E-state index is 0.0954. The van der Waals surface area contributed by atoms with Crippen LogP contribution in [0.2, 0.25) is 0 Å². The smallest absolute Gasteiger partial charge is 0.158 e. The minimum Gasteiger partial charge on any atom is -0.353 e. The van der Waals surface area contributed by atoms with Crippen LogP contribution in [0.4, 0.5) is 0 Å². The summed E-state index contributed by atoms with van der Waals surface area (Å²) in [6.07, 6.45) is 3.81. The molecule has 1 heterocycles. The summed E-state index contributed by atoms with van der Waals surface area (Å²) in [5.41, 5.74) is 1.37. The van der Waals surface area contributed by atoms with Crippen molar-refractivity contribution in [2.45, 2.75) is 38.1 Å². The molecule has 0 bridgehead atoms. The standard InChI is InChI=1S/C15H20O2/c1-3-14-10-13(11-15(17-14)16-4-2)12-8-6-5-7-9-12/h3,5-9,13-15H,1,4,10-11H2,2H3. The molecule has 1 aliphatic rings. The molecule has 2 heteroatoms. The average Bonchev–Trinajstić information content (AvgIpc) is 2.40. The van der Waals surface area contributed by atoms with E-state index >= 15 is 0 Å². The van der Waals surface area contributed by atoms with Crippen molar-refractivity contribution in [2.24, 2.45) is 0 Å². The molecule has 2 rings (SSSR count). The molecule has 1 saturated heterocycles. The fraction of sp³-hybridized carbons (Fsp3) is 0.467. The summed E-state index contributed by atoms with van der Waals surface area (Å²) in [6.45, 7) is 6.52. The summed E-state index contributed by atoms with van der Waals surface area (Å²) in [5.74, 6) is 0.504. The number of benzene rings is 1. The molecule has 1 fully saturated rings. The second-order valence-electron chi connectivity index (χ2n) is 4.37. The summed E-state index contributed by atoms with van der Waals surface area (Å²) < 4.78 is 11.4. The molecular weight excluding hydrogens is 212 g/mol. The molecule has 0 radical (unpaired) electrons. The van der Waals surface area contributed by atoms with Gasteiger partial charge in [0.1, 0.15) is 0 Å². The first-order chi connectivity index (χ1) is 8.33. The third kappa shape index (κ3) is 3.18. The van der Waals surface area contributed by atoms with Crippen molar-refractivity contribution in [3.8, 4) is 0 Å². The third-order valence-electron chi connectivity index (χ3n) is 3.21. The van der Waals surface area contributed by atoms with Gasteiger partial charge in [0.25, 0.3) is 0 Å². The molecule has 3 atom stereocenters. The van der Waals surface area contributed by atoms with E-state index in [1.165, 1.54) is 5.56 Å². The van der Waals surface area contributed by atoms with Gasteiger partial charge >= 0.3 is 0 Å². The van der Waals surface area contributed by atoms with E-state index in [2.05, 4.69) is 30.8 Å². The lowest BCUT2D eigenvalue weighted by molar-refractivity contribution is -0.184. The molecule has 2 nitrogen and oxygen atoms in total. The molecule has 0 aliphatic carbocycles. The number of hydrogen-bond donors (Lipinski definition) is 0. The Morgan fingerprint density at radius 1 is 1.35 bits per heavy atom. The van der Waals surface area contributed by atoms with Gasteiger partial charge in [-0.3, -0.25) is 0 Å². The zero-order chi connectivity index (χ0) is 12.1. The minimum atomic E-state index is -0.0954. The van der Waals surface area contributed by atoms with E-state index in [1.54, 1.807) is 0 Å². The molecule has 1 aliphatic heterocycles. The van der Waals surface area contributed by atoms with Crippen molar-refractivity contribution < 1.29 is 9.47 Å². The van der Waals surface area contributed by atoms with Crippen LogP contribution in [-0.4, -0.2) is 19.0 Å². The molecule has 0 N–H and O–H groups in total. The molecular formula is C15H20O2. The first kappa shape index (κ1) is 12.3. The van der Waals surface area contributed by atoms with Gasteiger partial charge in [0.2, 0.25) is 0 Å². The first-order valence-corrected chi connectivity index (χ1v) is 6.28. The van der Waals surface area contributed by atoms with E-state index in [0.717, 1.165) is 12.8 Å². The van der Waals surface area contributed by atoms with Gasteiger partial charge in [-0.05, 0) is 24.8 Å². The summed E-state index contributed by atoms with van der Waals surface area (Å²) in [7, 11) is 0. The lowest BCUT2D eigenvalue weighted by atomic mass is 9.88. The molecule has 3 unspecified atom stereocenters. The molecule has 92 valence electrons. The van der Waals surface area contributed by atoms with Crippen LogP contribution in [0, 0.1) is 0 Å². The fourth-order valence-corrected chi connectivity index (χ4v) is 2.36. The zero-order valence-electron chi connectivity index (χ0n) is 10.3. The molecule has 0 amide bonds. The third-order valence-corrected chi connectivity index (χ3v) is 3.21. The maximum absolute atomic E-state index is 5.79. The van der Waals surface area contributed by atoms with E-state index < -0.39 is 0 Å². The van der Waals surface area contributed by atoms with Crippen molar-refractivity contribution in [2.75, 3.05) is 6.61 Å². The second kappa shape index (κ2) is 5.99.